The second kappa shape index (κ2) is 7.37. The molecule has 1 heteroatoms. The van der Waals surface area contributed by atoms with Gasteiger partial charge in [0.1, 0.15) is 0 Å². The Morgan fingerprint density at radius 3 is 2.31 bits per heavy atom. The van der Waals surface area contributed by atoms with E-state index in [2.05, 4.69) is 85.3 Å². The average molecular weight is 341 g/mol. The highest BCUT2D eigenvalue weighted by atomic mass is 14.9. The molecule has 0 amide bonds. The fourth-order valence-corrected chi connectivity index (χ4v) is 4.09. The first-order valence-corrected chi connectivity index (χ1v) is 9.85. The number of rotatable bonds is 6. The summed E-state index contributed by atoms with van der Waals surface area (Å²) in [7, 11) is 2.18. The standard InChI is InChI=1S/C25H27N/c1-3-4-5-7-14-20-17-23-21-15-10-11-16-24(21)26(2)25(23)18-22(20)19-12-8-6-9-13-19/h6,8-13,15-18H,3-5,7,14H2,1-2H3. The van der Waals surface area contributed by atoms with Crippen molar-refractivity contribution in [2.24, 2.45) is 7.05 Å². The second-order valence-corrected chi connectivity index (χ2v) is 7.28. The highest BCUT2D eigenvalue weighted by Gasteiger charge is 2.13. The first kappa shape index (κ1) is 16.9. The minimum absolute atomic E-state index is 1.16. The fourth-order valence-electron chi connectivity index (χ4n) is 4.09. The molecule has 4 rings (SSSR count). The number of hydrogen-bond donors (Lipinski definition) is 0. The molecule has 3 aromatic carbocycles. The van der Waals surface area contributed by atoms with Crippen LogP contribution in [-0.2, 0) is 13.5 Å². The Hall–Kier alpha value is -2.54. The summed E-state index contributed by atoms with van der Waals surface area (Å²) in [6.45, 7) is 2.28. The molecule has 0 unspecified atom stereocenters. The van der Waals surface area contributed by atoms with Gasteiger partial charge in [-0.1, -0.05) is 74.7 Å². The monoisotopic (exact) mass is 341 g/mol. The van der Waals surface area contributed by atoms with Gasteiger partial charge in [0.05, 0.1) is 0 Å². The van der Waals surface area contributed by atoms with Crippen molar-refractivity contribution in [3.63, 3.8) is 0 Å². The predicted molar refractivity (Wildman–Crippen MR) is 114 cm³/mol. The van der Waals surface area contributed by atoms with E-state index in [1.165, 1.54) is 64.2 Å². The third kappa shape index (κ3) is 3.03. The number of fused-ring (bicyclic) bond motifs is 3. The van der Waals surface area contributed by atoms with Gasteiger partial charge < -0.3 is 4.57 Å². The van der Waals surface area contributed by atoms with Crippen molar-refractivity contribution in [3.05, 3.63) is 72.3 Å². The Balaban J connectivity index is 1.89. The van der Waals surface area contributed by atoms with Crippen molar-refractivity contribution in [1.82, 2.24) is 4.57 Å². The van der Waals surface area contributed by atoms with Crippen LogP contribution in [0.15, 0.2) is 66.7 Å². The van der Waals surface area contributed by atoms with Gasteiger partial charge in [-0.05, 0) is 47.7 Å². The van der Waals surface area contributed by atoms with Crippen LogP contribution in [0.4, 0.5) is 0 Å². The first-order valence-electron chi connectivity index (χ1n) is 9.85. The van der Waals surface area contributed by atoms with Gasteiger partial charge in [0, 0.05) is 28.9 Å². The summed E-state index contributed by atoms with van der Waals surface area (Å²) in [6, 6.07) is 24.5. The van der Waals surface area contributed by atoms with E-state index in [1.807, 2.05) is 0 Å². The molecule has 0 bridgehead atoms. The lowest BCUT2D eigenvalue weighted by Crippen LogP contribution is -1.93. The molecule has 0 saturated carbocycles. The molecule has 4 aromatic rings. The molecule has 0 saturated heterocycles. The van der Waals surface area contributed by atoms with E-state index in [-0.39, 0.29) is 0 Å². The van der Waals surface area contributed by atoms with Crippen LogP contribution >= 0.6 is 0 Å². The molecule has 1 aromatic heterocycles. The Kier molecular flexibility index (Phi) is 4.79. The highest BCUT2D eigenvalue weighted by Crippen LogP contribution is 2.35. The SMILES string of the molecule is CCCCCCc1cc2c3ccccc3n(C)c2cc1-c1ccccc1. The molecule has 0 atom stereocenters. The fraction of sp³-hybridized carbons (Fsp3) is 0.280. The summed E-state index contributed by atoms with van der Waals surface area (Å²) in [5, 5.41) is 2.74. The molecule has 132 valence electrons. The lowest BCUT2D eigenvalue weighted by molar-refractivity contribution is 0.667. The van der Waals surface area contributed by atoms with Crippen molar-refractivity contribution in [2.75, 3.05) is 0 Å². The average Bonchev–Trinajstić information content (AvgIpc) is 2.97. The smallest absolute Gasteiger partial charge is 0.0495 e. The van der Waals surface area contributed by atoms with Crippen LogP contribution in [0.1, 0.15) is 38.2 Å². The summed E-state index contributed by atoms with van der Waals surface area (Å²) in [5.74, 6) is 0. The van der Waals surface area contributed by atoms with E-state index in [0.717, 1.165) is 6.42 Å². The van der Waals surface area contributed by atoms with Crippen LogP contribution in [0.3, 0.4) is 0 Å². The summed E-state index contributed by atoms with van der Waals surface area (Å²) in [4.78, 5) is 0. The number of nitrogens with zero attached hydrogens (tertiary/aromatic N) is 1. The molecule has 1 heterocycles. The van der Waals surface area contributed by atoms with Crippen molar-refractivity contribution < 1.29 is 0 Å². The van der Waals surface area contributed by atoms with E-state index in [4.69, 9.17) is 0 Å². The van der Waals surface area contributed by atoms with E-state index >= 15 is 0 Å². The zero-order chi connectivity index (χ0) is 17.9. The van der Waals surface area contributed by atoms with Crippen LogP contribution in [-0.4, -0.2) is 4.57 Å². The molecule has 0 spiro atoms. The van der Waals surface area contributed by atoms with Crippen molar-refractivity contribution in [3.8, 4) is 11.1 Å². The maximum Gasteiger partial charge on any atom is 0.0495 e. The molecule has 0 fully saturated rings. The number of unbranched alkanes of at least 4 members (excludes halogenated alkanes) is 3. The largest absolute Gasteiger partial charge is 0.344 e. The summed E-state index contributed by atoms with van der Waals surface area (Å²) < 4.78 is 2.33. The third-order valence-electron chi connectivity index (χ3n) is 5.52. The molecule has 0 aliphatic carbocycles. The van der Waals surface area contributed by atoms with Gasteiger partial charge in [-0.2, -0.15) is 0 Å². The van der Waals surface area contributed by atoms with Crippen LogP contribution in [0.25, 0.3) is 32.9 Å². The van der Waals surface area contributed by atoms with Crippen molar-refractivity contribution in [1.29, 1.82) is 0 Å². The number of benzene rings is 3. The first-order chi connectivity index (χ1) is 12.8. The molecule has 0 N–H and O–H groups in total. The number of aromatic nitrogens is 1. The summed E-state index contributed by atoms with van der Waals surface area (Å²) in [5.41, 5.74) is 6.83. The van der Waals surface area contributed by atoms with Crippen LogP contribution in [0.2, 0.25) is 0 Å². The van der Waals surface area contributed by atoms with Crippen molar-refractivity contribution >= 4 is 21.8 Å². The van der Waals surface area contributed by atoms with E-state index < -0.39 is 0 Å². The van der Waals surface area contributed by atoms with Gasteiger partial charge in [0.25, 0.3) is 0 Å². The highest BCUT2D eigenvalue weighted by molar-refractivity contribution is 6.09. The summed E-state index contributed by atoms with van der Waals surface area (Å²) >= 11 is 0. The molecule has 26 heavy (non-hydrogen) atoms. The molecular formula is C25H27N. The maximum atomic E-state index is 2.45. The van der Waals surface area contributed by atoms with Gasteiger partial charge in [-0.25, -0.2) is 0 Å². The number of hydrogen-bond acceptors (Lipinski definition) is 0. The molecule has 1 nitrogen and oxygen atoms in total. The van der Waals surface area contributed by atoms with E-state index in [9.17, 15) is 0 Å². The van der Waals surface area contributed by atoms with Gasteiger partial charge in [-0.3, -0.25) is 0 Å². The molecule has 0 radical (unpaired) electrons. The Labute approximate surface area is 156 Å². The maximum absolute atomic E-state index is 2.45. The lowest BCUT2D eigenvalue weighted by atomic mass is 9.93. The van der Waals surface area contributed by atoms with Crippen LogP contribution in [0.5, 0.6) is 0 Å². The van der Waals surface area contributed by atoms with E-state index in [0.29, 0.717) is 0 Å². The normalized spacial score (nSPS) is 11.5. The Morgan fingerprint density at radius 1 is 0.731 bits per heavy atom. The summed E-state index contributed by atoms with van der Waals surface area (Å²) in [6.07, 6.45) is 6.36. The molecule has 0 aliphatic heterocycles. The zero-order valence-electron chi connectivity index (χ0n) is 15.8. The minimum atomic E-state index is 1.16. The zero-order valence-corrected chi connectivity index (χ0v) is 15.8. The topological polar surface area (TPSA) is 4.93 Å². The quantitative estimate of drug-likeness (QED) is 0.329. The van der Waals surface area contributed by atoms with Gasteiger partial charge >= 0.3 is 0 Å². The Bertz CT molecular complexity index is 1020. The minimum Gasteiger partial charge on any atom is -0.344 e. The van der Waals surface area contributed by atoms with Crippen LogP contribution in [0, 0.1) is 0 Å². The molecular weight excluding hydrogens is 314 g/mol. The van der Waals surface area contributed by atoms with Gasteiger partial charge in [0.15, 0.2) is 0 Å². The number of para-hydroxylation sites is 1. The lowest BCUT2D eigenvalue weighted by Gasteiger charge is -2.12. The van der Waals surface area contributed by atoms with Crippen LogP contribution < -0.4 is 0 Å². The Morgan fingerprint density at radius 2 is 1.50 bits per heavy atom. The molecule has 0 aliphatic rings. The van der Waals surface area contributed by atoms with Crippen molar-refractivity contribution in [2.45, 2.75) is 39.0 Å². The predicted octanol–water partition coefficient (Wildman–Crippen LogP) is 7.12. The van der Waals surface area contributed by atoms with Gasteiger partial charge in [-0.15, -0.1) is 0 Å². The van der Waals surface area contributed by atoms with Gasteiger partial charge in [0.2, 0.25) is 0 Å². The third-order valence-corrected chi connectivity index (χ3v) is 5.52. The van der Waals surface area contributed by atoms with E-state index in [1.54, 1.807) is 0 Å². The number of aryl methyl sites for hydroxylation is 2. The second-order valence-electron chi connectivity index (χ2n) is 7.28.